The minimum absolute atomic E-state index is 0.317. The molecule has 2 aromatic heterocycles. The molecule has 2 rings (SSSR count). The van der Waals surface area contributed by atoms with Crippen LogP contribution in [0.2, 0.25) is 0 Å². The molecule has 0 amide bonds. The standard InChI is InChI=1S/C20H35N5O2/c1-2-3-4-5-6-7-8-9-10-11-12-27-14-17(26)13-25-16-24-18-19(21)22-15-23-20(18)25/h15-17,26H,2-14H2,1H3,(H2,21,22,23)/t17-/m0/s1. The monoisotopic (exact) mass is 377 g/mol. The van der Waals surface area contributed by atoms with Gasteiger partial charge in [-0.1, -0.05) is 64.7 Å². The Bertz CT molecular complexity index is 646. The molecular formula is C20H35N5O2. The number of ether oxygens (including phenoxy) is 1. The van der Waals surface area contributed by atoms with Crippen molar-refractivity contribution in [1.29, 1.82) is 0 Å². The van der Waals surface area contributed by atoms with Crippen LogP contribution in [-0.4, -0.2) is 43.9 Å². The number of imidazole rings is 1. The first-order valence-electron chi connectivity index (χ1n) is 10.4. The van der Waals surface area contributed by atoms with Crippen molar-refractivity contribution in [3.63, 3.8) is 0 Å². The van der Waals surface area contributed by atoms with Crippen molar-refractivity contribution in [3.05, 3.63) is 12.7 Å². The average Bonchev–Trinajstić information content (AvgIpc) is 3.07. The molecular weight excluding hydrogens is 342 g/mol. The zero-order valence-electron chi connectivity index (χ0n) is 16.6. The normalized spacial score (nSPS) is 12.7. The third kappa shape index (κ3) is 7.81. The van der Waals surface area contributed by atoms with E-state index in [0.29, 0.717) is 36.7 Å². The summed E-state index contributed by atoms with van der Waals surface area (Å²) in [6.45, 7) is 3.65. The lowest BCUT2D eigenvalue weighted by Crippen LogP contribution is -2.22. The van der Waals surface area contributed by atoms with Crippen LogP contribution in [0.3, 0.4) is 0 Å². The van der Waals surface area contributed by atoms with Gasteiger partial charge in [0.1, 0.15) is 11.8 Å². The molecule has 2 aromatic rings. The number of nitrogen functional groups attached to an aromatic ring is 1. The Morgan fingerprint density at radius 3 is 2.37 bits per heavy atom. The third-order valence-electron chi connectivity index (χ3n) is 4.79. The number of aliphatic hydroxyl groups excluding tert-OH is 1. The Hall–Kier alpha value is -1.73. The van der Waals surface area contributed by atoms with Gasteiger partial charge in [-0.05, 0) is 6.42 Å². The molecule has 0 bridgehead atoms. The van der Waals surface area contributed by atoms with E-state index in [1.54, 1.807) is 10.9 Å². The van der Waals surface area contributed by atoms with E-state index in [2.05, 4.69) is 21.9 Å². The minimum Gasteiger partial charge on any atom is -0.389 e. The van der Waals surface area contributed by atoms with Crippen molar-refractivity contribution in [1.82, 2.24) is 19.5 Å². The van der Waals surface area contributed by atoms with Crippen LogP contribution >= 0.6 is 0 Å². The van der Waals surface area contributed by atoms with E-state index in [4.69, 9.17) is 10.5 Å². The second-order valence-corrected chi connectivity index (χ2v) is 7.24. The summed E-state index contributed by atoms with van der Waals surface area (Å²) in [5.41, 5.74) is 6.97. The van der Waals surface area contributed by atoms with E-state index in [1.165, 1.54) is 64.1 Å². The van der Waals surface area contributed by atoms with Gasteiger partial charge in [0.15, 0.2) is 11.5 Å². The minimum atomic E-state index is -0.596. The summed E-state index contributed by atoms with van der Waals surface area (Å²) in [7, 11) is 0. The van der Waals surface area contributed by atoms with Gasteiger partial charge in [-0.15, -0.1) is 0 Å². The fourth-order valence-corrected chi connectivity index (χ4v) is 3.22. The van der Waals surface area contributed by atoms with Crippen molar-refractivity contribution in [2.24, 2.45) is 0 Å². The molecule has 0 radical (unpaired) electrons. The summed E-state index contributed by atoms with van der Waals surface area (Å²) in [6, 6.07) is 0. The number of aromatic nitrogens is 4. The molecule has 0 aliphatic carbocycles. The molecule has 152 valence electrons. The molecule has 0 fully saturated rings. The van der Waals surface area contributed by atoms with E-state index >= 15 is 0 Å². The zero-order valence-corrected chi connectivity index (χ0v) is 16.6. The second kappa shape index (κ2) is 12.6. The van der Waals surface area contributed by atoms with Crippen molar-refractivity contribution in [3.8, 4) is 0 Å². The van der Waals surface area contributed by atoms with E-state index in [0.717, 1.165) is 6.42 Å². The molecule has 0 saturated carbocycles. The van der Waals surface area contributed by atoms with Crippen LogP contribution in [0.5, 0.6) is 0 Å². The summed E-state index contributed by atoms with van der Waals surface area (Å²) < 4.78 is 7.39. The number of hydrogen-bond donors (Lipinski definition) is 2. The van der Waals surface area contributed by atoms with E-state index in [1.807, 2.05) is 0 Å². The Kier molecular flexibility index (Phi) is 10.1. The molecule has 2 heterocycles. The van der Waals surface area contributed by atoms with Crippen LogP contribution in [0, 0.1) is 0 Å². The molecule has 1 atom stereocenters. The molecule has 0 unspecified atom stereocenters. The maximum atomic E-state index is 10.2. The largest absolute Gasteiger partial charge is 0.389 e. The Labute approximate surface area is 162 Å². The van der Waals surface area contributed by atoms with Crippen molar-refractivity contribution in [2.45, 2.75) is 83.8 Å². The third-order valence-corrected chi connectivity index (χ3v) is 4.79. The van der Waals surface area contributed by atoms with Crippen LogP contribution < -0.4 is 5.73 Å². The van der Waals surface area contributed by atoms with Crippen LogP contribution in [0.15, 0.2) is 12.7 Å². The highest BCUT2D eigenvalue weighted by atomic mass is 16.5. The highest BCUT2D eigenvalue weighted by molar-refractivity contribution is 5.81. The number of unbranched alkanes of at least 4 members (excludes halogenated alkanes) is 9. The van der Waals surface area contributed by atoms with Crippen LogP contribution in [0.4, 0.5) is 5.82 Å². The van der Waals surface area contributed by atoms with Crippen LogP contribution in [0.25, 0.3) is 11.2 Å². The maximum Gasteiger partial charge on any atom is 0.165 e. The number of aliphatic hydroxyl groups is 1. The average molecular weight is 378 g/mol. The van der Waals surface area contributed by atoms with Crippen molar-refractivity contribution >= 4 is 17.0 Å². The summed E-state index contributed by atoms with van der Waals surface area (Å²) in [5, 5.41) is 10.2. The summed E-state index contributed by atoms with van der Waals surface area (Å²) in [5.74, 6) is 0.352. The summed E-state index contributed by atoms with van der Waals surface area (Å²) in [4.78, 5) is 12.3. The molecule has 27 heavy (non-hydrogen) atoms. The molecule has 7 heteroatoms. The number of nitrogens with zero attached hydrogens (tertiary/aromatic N) is 4. The van der Waals surface area contributed by atoms with Gasteiger partial charge in [0, 0.05) is 6.61 Å². The summed E-state index contributed by atoms with van der Waals surface area (Å²) in [6.07, 6.45) is 15.5. The SMILES string of the molecule is CCCCCCCCCCCCOC[C@@H](O)Cn1cnc2c(N)ncnc21. The Morgan fingerprint density at radius 1 is 1.00 bits per heavy atom. The Balaban J connectivity index is 1.49. The van der Waals surface area contributed by atoms with E-state index in [9.17, 15) is 5.11 Å². The molecule has 0 aromatic carbocycles. The molecule has 0 aliphatic rings. The number of nitrogens with two attached hydrogens (primary N) is 1. The van der Waals surface area contributed by atoms with Gasteiger partial charge in [0.25, 0.3) is 0 Å². The predicted octanol–water partition coefficient (Wildman–Crippen LogP) is 3.71. The topological polar surface area (TPSA) is 99.1 Å². The number of anilines is 1. The number of fused-ring (bicyclic) bond motifs is 1. The second-order valence-electron chi connectivity index (χ2n) is 7.24. The lowest BCUT2D eigenvalue weighted by Gasteiger charge is -2.12. The quantitative estimate of drug-likeness (QED) is 0.459. The Morgan fingerprint density at radius 2 is 1.67 bits per heavy atom. The fourth-order valence-electron chi connectivity index (χ4n) is 3.22. The van der Waals surface area contributed by atoms with Gasteiger partial charge < -0.3 is 20.1 Å². The fraction of sp³-hybridized carbons (Fsp3) is 0.750. The van der Waals surface area contributed by atoms with Gasteiger partial charge in [0.2, 0.25) is 0 Å². The van der Waals surface area contributed by atoms with Crippen LogP contribution in [0.1, 0.15) is 71.1 Å². The van der Waals surface area contributed by atoms with Crippen molar-refractivity contribution in [2.75, 3.05) is 18.9 Å². The molecule has 3 N–H and O–H groups in total. The van der Waals surface area contributed by atoms with Crippen LogP contribution in [-0.2, 0) is 11.3 Å². The van der Waals surface area contributed by atoms with Gasteiger partial charge in [0.05, 0.1) is 25.6 Å². The van der Waals surface area contributed by atoms with Gasteiger partial charge in [-0.25, -0.2) is 15.0 Å². The van der Waals surface area contributed by atoms with Gasteiger partial charge in [-0.2, -0.15) is 0 Å². The smallest absolute Gasteiger partial charge is 0.165 e. The first-order chi connectivity index (χ1) is 13.2. The van der Waals surface area contributed by atoms with E-state index in [-0.39, 0.29) is 0 Å². The maximum absolute atomic E-state index is 10.2. The predicted molar refractivity (Wildman–Crippen MR) is 108 cm³/mol. The first kappa shape index (κ1) is 21.6. The molecule has 0 spiro atoms. The summed E-state index contributed by atoms with van der Waals surface area (Å²) >= 11 is 0. The molecule has 0 saturated heterocycles. The highest BCUT2D eigenvalue weighted by Gasteiger charge is 2.11. The highest BCUT2D eigenvalue weighted by Crippen LogP contribution is 2.14. The molecule has 7 nitrogen and oxygen atoms in total. The number of hydrogen-bond acceptors (Lipinski definition) is 6. The van der Waals surface area contributed by atoms with E-state index < -0.39 is 6.10 Å². The molecule has 0 aliphatic heterocycles. The van der Waals surface area contributed by atoms with Gasteiger partial charge >= 0.3 is 0 Å². The first-order valence-corrected chi connectivity index (χ1v) is 10.4. The lowest BCUT2D eigenvalue weighted by molar-refractivity contribution is 0.0271. The lowest BCUT2D eigenvalue weighted by atomic mass is 10.1. The zero-order chi connectivity index (χ0) is 19.3. The van der Waals surface area contributed by atoms with Gasteiger partial charge in [-0.3, -0.25) is 0 Å². The number of rotatable bonds is 15. The van der Waals surface area contributed by atoms with Crippen molar-refractivity contribution < 1.29 is 9.84 Å².